The summed E-state index contributed by atoms with van der Waals surface area (Å²) in [7, 11) is 0. The summed E-state index contributed by atoms with van der Waals surface area (Å²) in [6, 6.07) is 25.1. The molecule has 1 amide bonds. The molecule has 0 saturated heterocycles. The zero-order valence-corrected chi connectivity index (χ0v) is 18.2. The summed E-state index contributed by atoms with van der Waals surface area (Å²) >= 11 is 1.42. The Kier molecular flexibility index (Phi) is 6.48. The number of fused-ring (bicyclic) bond motifs is 1. The van der Waals surface area contributed by atoms with Crippen molar-refractivity contribution in [3.05, 3.63) is 78.9 Å². The van der Waals surface area contributed by atoms with E-state index in [4.69, 9.17) is 14.7 Å². The van der Waals surface area contributed by atoms with Crippen LogP contribution in [-0.4, -0.2) is 27.7 Å². The van der Waals surface area contributed by atoms with Crippen LogP contribution in [-0.2, 0) is 4.79 Å². The molecule has 0 aliphatic carbocycles. The van der Waals surface area contributed by atoms with Crippen LogP contribution < -0.4 is 10.1 Å². The lowest BCUT2D eigenvalue weighted by molar-refractivity contribution is -0.115. The molecule has 31 heavy (non-hydrogen) atoms. The van der Waals surface area contributed by atoms with Crippen molar-refractivity contribution >= 4 is 34.3 Å². The van der Waals surface area contributed by atoms with Crippen molar-refractivity contribution in [3.63, 3.8) is 0 Å². The third kappa shape index (κ3) is 5.03. The van der Waals surface area contributed by atoms with Crippen molar-refractivity contribution in [1.82, 2.24) is 9.97 Å². The van der Waals surface area contributed by atoms with Crippen LogP contribution in [0.5, 0.6) is 5.75 Å². The van der Waals surface area contributed by atoms with E-state index >= 15 is 0 Å². The van der Waals surface area contributed by atoms with Gasteiger partial charge in [-0.2, -0.15) is 0 Å². The van der Waals surface area contributed by atoms with E-state index < -0.39 is 0 Å². The maximum absolute atomic E-state index is 12.8. The van der Waals surface area contributed by atoms with Crippen LogP contribution in [0.1, 0.15) is 13.8 Å². The number of carbonyl (C=O) groups is 1. The van der Waals surface area contributed by atoms with E-state index in [0.29, 0.717) is 12.4 Å². The Morgan fingerprint density at radius 2 is 1.71 bits per heavy atom. The summed E-state index contributed by atoms with van der Waals surface area (Å²) in [5.74, 6) is 1.31. The molecule has 0 aliphatic heterocycles. The Morgan fingerprint density at radius 1 is 1.00 bits per heavy atom. The maximum atomic E-state index is 12.8. The van der Waals surface area contributed by atoms with Crippen molar-refractivity contribution in [1.29, 1.82) is 0 Å². The van der Waals surface area contributed by atoms with Crippen molar-refractivity contribution < 1.29 is 9.53 Å². The summed E-state index contributed by atoms with van der Waals surface area (Å²) in [6.45, 7) is 4.41. The number of nitrogens with zero attached hydrogens (tertiary/aromatic N) is 2. The molecule has 6 heteroatoms. The van der Waals surface area contributed by atoms with Gasteiger partial charge in [-0.05, 0) is 44.2 Å². The van der Waals surface area contributed by atoms with Gasteiger partial charge in [0.05, 0.1) is 17.4 Å². The SMILES string of the molecule is CCOc1ccc2nc(-c3ccccc3)nc(S[C@@H](C)C(=O)Nc3ccccc3)c2c1. The summed E-state index contributed by atoms with van der Waals surface area (Å²) in [6.07, 6.45) is 0. The van der Waals surface area contributed by atoms with Crippen LogP contribution >= 0.6 is 11.8 Å². The van der Waals surface area contributed by atoms with Crippen LogP contribution in [0, 0.1) is 0 Å². The number of amides is 1. The number of hydrogen-bond donors (Lipinski definition) is 1. The molecule has 0 saturated carbocycles. The Labute approximate surface area is 185 Å². The lowest BCUT2D eigenvalue weighted by Gasteiger charge is -2.14. The third-order valence-electron chi connectivity index (χ3n) is 4.67. The number of para-hydroxylation sites is 1. The topological polar surface area (TPSA) is 64.1 Å². The predicted octanol–water partition coefficient (Wildman–Crippen LogP) is 5.81. The van der Waals surface area contributed by atoms with Gasteiger partial charge >= 0.3 is 0 Å². The Hall–Kier alpha value is -3.38. The highest BCUT2D eigenvalue weighted by Crippen LogP contribution is 2.33. The van der Waals surface area contributed by atoms with E-state index in [1.807, 2.05) is 92.7 Å². The van der Waals surface area contributed by atoms with Crippen LogP contribution in [0.15, 0.2) is 83.9 Å². The molecule has 156 valence electrons. The minimum atomic E-state index is -0.349. The molecule has 4 rings (SSSR count). The molecule has 0 unspecified atom stereocenters. The van der Waals surface area contributed by atoms with Gasteiger partial charge in [0.15, 0.2) is 5.82 Å². The van der Waals surface area contributed by atoms with Gasteiger partial charge in [-0.1, -0.05) is 60.3 Å². The highest BCUT2D eigenvalue weighted by atomic mass is 32.2. The van der Waals surface area contributed by atoms with E-state index in [1.54, 1.807) is 0 Å². The Morgan fingerprint density at radius 3 is 2.42 bits per heavy atom. The molecule has 0 aliphatic rings. The summed E-state index contributed by atoms with van der Waals surface area (Å²) in [5.41, 5.74) is 2.52. The van der Waals surface area contributed by atoms with Crippen LogP contribution in [0.25, 0.3) is 22.3 Å². The van der Waals surface area contributed by atoms with Gasteiger partial charge in [-0.25, -0.2) is 9.97 Å². The van der Waals surface area contributed by atoms with Gasteiger partial charge in [0.1, 0.15) is 10.8 Å². The largest absolute Gasteiger partial charge is 0.494 e. The number of ether oxygens (including phenoxy) is 1. The summed E-state index contributed by atoms with van der Waals surface area (Å²) < 4.78 is 5.67. The second kappa shape index (κ2) is 9.62. The molecule has 0 radical (unpaired) electrons. The van der Waals surface area contributed by atoms with Crippen LogP contribution in [0.3, 0.4) is 0 Å². The summed E-state index contributed by atoms with van der Waals surface area (Å²) in [4.78, 5) is 22.3. The fraction of sp³-hybridized carbons (Fsp3) is 0.160. The smallest absolute Gasteiger partial charge is 0.237 e. The molecular formula is C25H23N3O2S. The zero-order valence-electron chi connectivity index (χ0n) is 17.4. The van der Waals surface area contributed by atoms with E-state index in [9.17, 15) is 4.79 Å². The first-order chi connectivity index (χ1) is 15.1. The van der Waals surface area contributed by atoms with Gasteiger partial charge in [0.2, 0.25) is 5.91 Å². The second-order valence-electron chi connectivity index (χ2n) is 6.95. The van der Waals surface area contributed by atoms with E-state index in [-0.39, 0.29) is 11.2 Å². The summed E-state index contributed by atoms with van der Waals surface area (Å²) in [5, 5.41) is 4.23. The average molecular weight is 430 g/mol. The van der Waals surface area contributed by atoms with Crippen LogP contribution in [0.2, 0.25) is 0 Å². The fourth-order valence-corrected chi connectivity index (χ4v) is 4.06. The molecule has 0 bridgehead atoms. The highest BCUT2D eigenvalue weighted by molar-refractivity contribution is 8.00. The number of anilines is 1. The average Bonchev–Trinajstić information content (AvgIpc) is 2.80. The molecule has 1 aromatic heterocycles. The number of benzene rings is 3. The van der Waals surface area contributed by atoms with E-state index in [2.05, 4.69) is 5.32 Å². The molecule has 1 heterocycles. The first kappa shape index (κ1) is 20.9. The zero-order chi connectivity index (χ0) is 21.6. The van der Waals surface area contributed by atoms with E-state index in [0.717, 1.165) is 32.9 Å². The monoisotopic (exact) mass is 429 g/mol. The molecule has 0 spiro atoms. The second-order valence-corrected chi connectivity index (χ2v) is 8.28. The van der Waals surface area contributed by atoms with Crippen molar-refractivity contribution in [2.75, 3.05) is 11.9 Å². The Bertz CT molecular complexity index is 1180. The molecule has 4 aromatic rings. The standard InChI is InChI=1S/C25H23N3O2S/c1-3-30-20-14-15-22-21(16-20)25(28-23(27-22)18-10-6-4-7-11-18)31-17(2)24(29)26-19-12-8-5-9-13-19/h4-17H,3H2,1-2H3,(H,26,29)/t17-/m0/s1. The number of hydrogen-bond acceptors (Lipinski definition) is 5. The minimum absolute atomic E-state index is 0.0785. The number of rotatable bonds is 7. The molecule has 3 aromatic carbocycles. The quantitative estimate of drug-likeness (QED) is 0.296. The number of carbonyl (C=O) groups excluding carboxylic acids is 1. The molecule has 5 nitrogen and oxygen atoms in total. The molecular weight excluding hydrogens is 406 g/mol. The highest BCUT2D eigenvalue weighted by Gasteiger charge is 2.19. The Balaban J connectivity index is 1.69. The normalized spacial score (nSPS) is 11.8. The van der Waals surface area contributed by atoms with Crippen molar-refractivity contribution in [2.24, 2.45) is 0 Å². The maximum Gasteiger partial charge on any atom is 0.237 e. The van der Waals surface area contributed by atoms with Gasteiger partial charge in [-0.3, -0.25) is 4.79 Å². The number of thioether (sulfide) groups is 1. The van der Waals surface area contributed by atoms with Crippen molar-refractivity contribution in [3.8, 4) is 17.1 Å². The van der Waals surface area contributed by atoms with E-state index in [1.165, 1.54) is 11.8 Å². The molecule has 1 atom stereocenters. The van der Waals surface area contributed by atoms with Gasteiger partial charge in [0, 0.05) is 16.6 Å². The molecule has 1 N–H and O–H groups in total. The third-order valence-corrected chi connectivity index (χ3v) is 5.78. The van der Waals surface area contributed by atoms with Gasteiger partial charge in [-0.15, -0.1) is 0 Å². The minimum Gasteiger partial charge on any atom is -0.494 e. The first-order valence-corrected chi connectivity index (χ1v) is 11.0. The number of aromatic nitrogens is 2. The lowest BCUT2D eigenvalue weighted by atomic mass is 10.2. The lowest BCUT2D eigenvalue weighted by Crippen LogP contribution is -2.22. The molecule has 0 fully saturated rings. The predicted molar refractivity (Wildman–Crippen MR) is 127 cm³/mol. The van der Waals surface area contributed by atoms with Gasteiger partial charge in [0.25, 0.3) is 0 Å². The van der Waals surface area contributed by atoms with Gasteiger partial charge < -0.3 is 10.1 Å². The first-order valence-electron chi connectivity index (χ1n) is 10.2. The fourth-order valence-electron chi connectivity index (χ4n) is 3.13. The number of nitrogens with one attached hydrogen (secondary N) is 1. The van der Waals surface area contributed by atoms with Crippen molar-refractivity contribution in [2.45, 2.75) is 24.1 Å². The van der Waals surface area contributed by atoms with Crippen LogP contribution in [0.4, 0.5) is 5.69 Å².